The second-order valence-corrected chi connectivity index (χ2v) is 3.48. The first kappa shape index (κ1) is 9.52. The molecule has 3 nitrogen and oxygen atoms in total. The molecule has 3 heteroatoms. The number of esters is 1. The maximum absolute atomic E-state index is 11.5. The summed E-state index contributed by atoms with van der Waals surface area (Å²) in [6.07, 6.45) is 3.04. The van der Waals surface area contributed by atoms with E-state index in [0.717, 1.165) is 19.3 Å². The molecule has 0 aromatic carbocycles. The first-order valence-corrected chi connectivity index (χ1v) is 4.49. The SMILES string of the molecule is CCC(CN)(C(=O)OC)C1CC1. The third kappa shape index (κ3) is 1.33. The van der Waals surface area contributed by atoms with Crippen molar-refractivity contribution in [2.75, 3.05) is 13.7 Å². The first-order valence-electron chi connectivity index (χ1n) is 4.49. The third-order valence-corrected chi connectivity index (χ3v) is 2.95. The van der Waals surface area contributed by atoms with Gasteiger partial charge in [-0.25, -0.2) is 0 Å². The Morgan fingerprint density at radius 2 is 2.25 bits per heavy atom. The van der Waals surface area contributed by atoms with E-state index in [1.165, 1.54) is 7.11 Å². The van der Waals surface area contributed by atoms with E-state index in [2.05, 4.69) is 0 Å². The van der Waals surface area contributed by atoms with Gasteiger partial charge in [0.1, 0.15) is 0 Å². The van der Waals surface area contributed by atoms with Gasteiger partial charge < -0.3 is 10.5 Å². The highest BCUT2D eigenvalue weighted by Crippen LogP contribution is 2.47. The van der Waals surface area contributed by atoms with Crippen molar-refractivity contribution in [3.8, 4) is 0 Å². The highest BCUT2D eigenvalue weighted by molar-refractivity contribution is 5.77. The molecular formula is C9H17NO2. The summed E-state index contributed by atoms with van der Waals surface area (Å²) < 4.78 is 4.78. The molecule has 0 spiro atoms. The van der Waals surface area contributed by atoms with Gasteiger partial charge >= 0.3 is 5.97 Å². The molecule has 1 fully saturated rings. The topological polar surface area (TPSA) is 52.3 Å². The van der Waals surface area contributed by atoms with Crippen LogP contribution in [0.1, 0.15) is 26.2 Å². The van der Waals surface area contributed by atoms with Gasteiger partial charge in [0.2, 0.25) is 0 Å². The van der Waals surface area contributed by atoms with E-state index in [4.69, 9.17) is 10.5 Å². The zero-order valence-electron chi connectivity index (χ0n) is 7.80. The van der Waals surface area contributed by atoms with Gasteiger partial charge in [-0.1, -0.05) is 6.92 Å². The molecular weight excluding hydrogens is 154 g/mol. The lowest BCUT2D eigenvalue weighted by Gasteiger charge is -2.27. The van der Waals surface area contributed by atoms with Crippen LogP contribution in [-0.4, -0.2) is 19.6 Å². The van der Waals surface area contributed by atoms with Crippen molar-refractivity contribution in [3.05, 3.63) is 0 Å². The van der Waals surface area contributed by atoms with Crippen LogP contribution in [0, 0.1) is 11.3 Å². The number of hydrogen-bond acceptors (Lipinski definition) is 3. The molecule has 1 aliphatic carbocycles. The van der Waals surface area contributed by atoms with Crippen molar-refractivity contribution in [2.24, 2.45) is 17.1 Å². The molecule has 0 bridgehead atoms. The molecule has 0 amide bonds. The van der Waals surface area contributed by atoms with Crippen LogP contribution in [0.5, 0.6) is 0 Å². The molecule has 0 radical (unpaired) electrons. The lowest BCUT2D eigenvalue weighted by Crippen LogP contribution is -2.41. The fourth-order valence-electron chi connectivity index (χ4n) is 1.83. The van der Waals surface area contributed by atoms with Gasteiger partial charge in [0, 0.05) is 6.54 Å². The molecule has 1 unspecified atom stereocenters. The summed E-state index contributed by atoms with van der Waals surface area (Å²) in [5.74, 6) is 0.343. The quantitative estimate of drug-likeness (QED) is 0.640. The minimum Gasteiger partial charge on any atom is -0.469 e. The molecule has 2 N–H and O–H groups in total. The molecule has 0 aromatic rings. The van der Waals surface area contributed by atoms with Crippen molar-refractivity contribution >= 4 is 5.97 Å². The number of carbonyl (C=O) groups is 1. The van der Waals surface area contributed by atoms with Gasteiger partial charge in [-0.2, -0.15) is 0 Å². The Labute approximate surface area is 73.3 Å². The Kier molecular flexibility index (Phi) is 2.73. The second-order valence-electron chi connectivity index (χ2n) is 3.48. The zero-order valence-corrected chi connectivity index (χ0v) is 7.80. The second kappa shape index (κ2) is 3.44. The predicted molar refractivity (Wildman–Crippen MR) is 46.5 cm³/mol. The van der Waals surface area contributed by atoms with E-state index in [9.17, 15) is 4.79 Å². The minimum absolute atomic E-state index is 0.130. The summed E-state index contributed by atoms with van der Waals surface area (Å²) in [6, 6.07) is 0. The maximum Gasteiger partial charge on any atom is 0.313 e. The van der Waals surface area contributed by atoms with E-state index in [-0.39, 0.29) is 11.4 Å². The summed E-state index contributed by atoms with van der Waals surface area (Å²) in [5, 5.41) is 0. The Balaban J connectivity index is 2.74. The number of nitrogens with two attached hydrogens (primary N) is 1. The Bertz CT molecular complexity index is 171. The summed E-state index contributed by atoms with van der Waals surface area (Å²) in [6.45, 7) is 2.42. The molecule has 1 atom stereocenters. The summed E-state index contributed by atoms with van der Waals surface area (Å²) in [5.41, 5.74) is 5.25. The first-order chi connectivity index (χ1) is 5.71. The number of carbonyl (C=O) groups excluding carboxylic acids is 1. The van der Waals surface area contributed by atoms with Gasteiger partial charge in [0.15, 0.2) is 0 Å². The summed E-state index contributed by atoms with van der Waals surface area (Å²) >= 11 is 0. The molecule has 0 heterocycles. The fourth-order valence-corrected chi connectivity index (χ4v) is 1.83. The summed E-state index contributed by atoms with van der Waals surface area (Å²) in [7, 11) is 1.44. The highest BCUT2D eigenvalue weighted by Gasteiger charge is 2.49. The zero-order chi connectivity index (χ0) is 9.19. The van der Waals surface area contributed by atoms with E-state index in [1.54, 1.807) is 0 Å². The number of methoxy groups -OCH3 is 1. The lowest BCUT2D eigenvalue weighted by atomic mass is 9.80. The standard InChI is InChI=1S/C9H17NO2/c1-3-9(6-10,7-4-5-7)8(11)12-2/h7H,3-6,10H2,1-2H3. The third-order valence-electron chi connectivity index (χ3n) is 2.95. The van der Waals surface area contributed by atoms with Crippen LogP contribution in [0.4, 0.5) is 0 Å². The van der Waals surface area contributed by atoms with Gasteiger partial charge in [-0.05, 0) is 25.2 Å². The lowest BCUT2D eigenvalue weighted by molar-refractivity contribution is -0.153. The normalized spacial score (nSPS) is 21.6. The molecule has 1 rings (SSSR count). The Morgan fingerprint density at radius 1 is 1.67 bits per heavy atom. The van der Waals surface area contributed by atoms with Gasteiger partial charge in [0.25, 0.3) is 0 Å². The van der Waals surface area contributed by atoms with Crippen molar-refractivity contribution in [1.82, 2.24) is 0 Å². The summed E-state index contributed by atoms with van der Waals surface area (Å²) in [4.78, 5) is 11.5. The van der Waals surface area contributed by atoms with Crippen molar-refractivity contribution in [1.29, 1.82) is 0 Å². The van der Waals surface area contributed by atoms with Crippen LogP contribution in [0.15, 0.2) is 0 Å². The molecule has 0 saturated heterocycles. The monoisotopic (exact) mass is 171 g/mol. The van der Waals surface area contributed by atoms with E-state index >= 15 is 0 Å². The maximum atomic E-state index is 11.5. The van der Waals surface area contributed by atoms with Crippen LogP contribution in [0.3, 0.4) is 0 Å². The van der Waals surface area contributed by atoms with Crippen LogP contribution in [0.2, 0.25) is 0 Å². The van der Waals surface area contributed by atoms with Crippen LogP contribution in [-0.2, 0) is 9.53 Å². The van der Waals surface area contributed by atoms with Crippen LogP contribution >= 0.6 is 0 Å². The molecule has 1 aliphatic rings. The number of hydrogen-bond donors (Lipinski definition) is 1. The van der Waals surface area contributed by atoms with Gasteiger partial charge in [-0.15, -0.1) is 0 Å². The smallest absolute Gasteiger partial charge is 0.313 e. The number of ether oxygens (including phenoxy) is 1. The van der Waals surface area contributed by atoms with E-state index < -0.39 is 0 Å². The number of rotatable bonds is 4. The van der Waals surface area contributed by atoms with E-state index in [1.807, 2.05) is 6.92 Å². The Morgan fingerprint density at radius 3 is 2.50 bits per heavy atom. The van der Waals surface area contributed by atoms with Gasteiger partial charge in [0.05, 0.1) is 12.5 Å². The van der Waals surface area contributed by atoms with Crippen LogP contribution in [0.25, 0.3) is 0 Å². The molecule has 0 aliphatic heterocycles. The average Bonchev–Trinajstić information content (AvgIpc) is 2.91. The largest absolute Gasteiger partial charge is 0.469 e. The fraction of sp³-hybridized carbons (Fsp3) is 0.889. The molecule has 12 heavy (non-hydrogen) atoms. The van der Waals surface area contributed by atoms with E-state index in [0.29, 0.717) is 12.5 Å². The van der Waals surface area contributed by atoms with Crippen molar-refractivity contribution in [2.45, 2.75) is 26.2 Å². The average molecular weight is 171 g/mol. The molecule has 1 saturated carbocycles. The minimum atomic E-state index is -0.380. The Hall–Kier alpha value is -0.570. The van der Waals surface area contributed by atoms with Gasteiger partial charge in [-0.3, -0.25) is 4.79 Å². The molecule has 70 valence electrons. The highest BCUT2D eigenvalue weighted by atomic mass is 16.5. The van der Waals surface area contributed by atoms with Crippen molar-refractivity contribution in [3.63, 3.8) is 0 Å². The van der Waals surface area contributed by atoms with Crippen LogP contribution < -0.4 is 5.73 Å². The van der Waals surface area contributed by atoms with Crippen molar-refractivity contribution < 1.29 is 9.53 Å². The predicted octanol–water partition coefficient (Wildman–Crippen LogP) is 0.924. The molecule has 0 aromatic heterocycles.